The van der Waals surface area contributed by atoms with Crippen LogP contribution in [0.2, 0.25) is 0 Å². The van der Waals surface area contributed by atoms with E-state index in [9.17, 15) is 0 Å². The molecule has 0 spiro atoms. The summed E-state index contributed by atoms with van der Waals surface area (Å²) in [6.07, 6.45) is 2.54. The Kier molecular flexibility index (Phi) is 4.70. The monoisotopic (exact) mass is 187 g/mol. The molecule has 1 rings (SSSR count). The van der Waals surface area contributed by atoms with Crippen LogP contribution in [0.5, 0.6) is 0 Å². The van der Waals surface area contributed by atoms with E-state index in [1.54, 1.807) is 6.92 Å². The van der Waals surface area contributed by atoms with Gasteiger partial charge in [0.1, 0.15) is 0 Å². The summed E-state index contributed by atoms with van der Waals surface area (Å²) in [6.45, 7) is 7.70. The minimum Gasteiger partial charge on any atom is -0.391 e. The summed E-state index contributed by atoms with van der Waals surface area (Å²) in [5.74, 6) is 0. The van der Waals surface area contributed by atoms with Gasteiger partial charge in [-0.15, -0.1) is 0 Å². The van der Waals surface area contributed by atoms with Crippen molar-refractivity contribution < 1.29 is 9.84 Å². The van der Waals surface area contributed by atoms with Crippen molar-refractivity contribution in [2.24, 2.45) is 0 Å². The van der Waals surface area contributed by atoms with Crippen LogP contribution in [0.3, 0.4) is 0 Å². The number of aliphatic hydroxyl groups is 1. The molecule has 1 aliphatic rings. The standard InChI is InChI=1S/C10H21NO2/c1-9(12)8-13-10(2)7-11-5-3-4-6-11/h9-10,12H,3-8H2,1-2H3. The zero-order chi connectivity index (χ0) is 9.68. The van der Waals surface area contributed by atoms with E-state index in [-0.39, 0.29) is 12.2 Å². The summed E-state index contributed by atoms with van der Waals surface area (Å²) < 4.78 is 5.47. The van der Waals surface area contributed by atoms with Crippen LogP contribution in [0.4, 0.5) is 0 Å². The average Bonchev–Trinajstić information content (AvgIpc) is 2.53. The lowest BCUT2D eigenvalue weighted by Crippen LogP contribution is -2.31. The second-order valence-corrected chi connectivity index (χ2v) is 4.00. The molecule has 1 aliphatic heterocycles. The fraction of sp³-hybridized carbons (Fsp3) is 1.00. The lowest BCUT2D eigenvalue weighted by Gasteiger charge is -2.21. The Morgan fingerprint density at radius 3 is 2.46 bits per heavy atom. The van der Waals surface area contributed by atoms with Gasteiger partial charge in [0.25, 0.3) is 0 Å². The Morgan fingerprint density at radius 2 is 1.92 bits per heavy atom. The van der Waals surface area contributed by atoms with Crippen LogP contribution in [-0.2, 0) is 4.74 Å². The quantitative estimate of drug-likeness (QED) is 0.693. The van der Waals surface area contributed by atoms with E-state index in [1.165, 1.54) is 25.9 Å². The van der Waals surface area contributed by atoms with Gasteiger partial charge < -0.3 is 14.7 Å². The summed E-state index contributed by atoms with van der Waals surface area (Å²) in [4.78, 5) is 2.42. The van der Waals surface area contributed by atoms with Crippen LogP contribution in [0.1, 0.15) is 26.7 Å². The van der Waals surface area contributed by atoms with Crippen molar-refractivity contribution in [1.82, 2.24) is 4.90 Å². The summed E-state index contributed by atoms with van der Waals surface area (Å²) in [5, 5.41) is 9.02. The van der Waals surface area contributed by atoms with Crippen molar-refractivity contribution in [2.75, 3.05) is 26.2 Å². The molecular formula is C10H21NO2. The third kappa shape index (κ3) is 4.60. The largest absolute Gasteiger partial charge is 0.391 e. The second kappa shape index (κ2) is 5.58. The molecule has 13 heavy (non-hydrogen) atoms. The minimum atomic E-state index is -0.346. The number of rotatable bonds is 5. The molecule has 0 saturated carbocycles. The first-order valence-electron chi connectivity index (χ1n) is 5.20. The van der Waals surface area contributed by atoms with Gasteiger partial charge in [-0.25, -0.2) is 0 Å². The van der Waals surface area contributed by atoms with Crippen LogP contribution in [-0.4, -0.2) is 48.5 Å². The second-order valence-electron chi connectivity index (χ2n) is 4.00. The number of hydrogen-bond donors (Lipinski definition) is 1. The molecule has 3 nitrogen and oxygen atoms in total. The summed E-state index contributed by atoms with van der Waals surface area (Å²) in [5.41, 5.74) is 0. The molecule has 2 unspecified atom stereocenters. The van der Waals surface area contributed by atoms with Crippen LogP contribution >= 0.6 is 0 Å². The molecule has 0 aromatic rings. The van der Waals surface area contributed by atoms with E-state index in [0.717, 1.165) is 6.54 Å². The first kappa shape index (κ1) is 11.0. The Bertz CT molecular complexity index is 133. The maximum Gasteiger partial charge on any atom is 0.0745 e. The summed E-state index contributed by atoms with van der Waals surface area (Å²) in [6, 6.07) is 0. The Morgan fingerprint density at radius 1 is 1.31 bits per heavy atom. The van der Waals surface area contributed by atoms with E-state index >= 15 is 0 Å². The van der Waals surface area contributed by atoms with Gasteiger partial charge in [-0.1, -0.05) is 0 Å². The van der Waals surface area contributed by atoms with Crippen molar-refractivity contribution in [3.05, 3.63) is 0 Å². The lowest BCUT2D eigenvalue weighted by molar-refractivity contribution is -0.00658. The fourth-order valence-corrected chi connectivity index (χ4v) is 1.69. The molecule has 0 radical (unpaired) electrons. The lowest BCUT2D eigenvalue weighted by atomic mass is 10.3. The van der Waals surface area contributed by atoms with Crippen molar-refractivity contribution >= 4 is 0 Å². The molecule has 0 aromatic carbocycles. The van der Waals surface area contributed by atoms with Gasteiger partial charge in [0.15, 0.2) is 0 Å². The van der Waals surface area contributed by atoms with Crippen LogP contribution in [0, 0.1) is 0 Å². The average molecular weight is 187 g/mol. The molecule has 1 heterocycles. The molecule has 0 aromatic heterocycles. The highest BCUT2D eigenvalue weighted by molar-refractivity contribution is 4.68. The van der Waals surface area contributed by atoms with Crippen LogP contribution in [0.15, 0.2) is 0 Å². The Labute approximate surface area is 80.7 Å². The summed E-state index contributed by atoms with van der Waals surface area (Å²) in [7, 11) is 0. The SMILES string of the molecule is CC(O)COC(C)CN1CCCC1. The van der Waals surface area contributed by atoms with Gasteiger partial charge in [0.05, 0.1) is 18.8 Å². The van der Waals surface area contributed by atoms with Gasteiger partial charge in [-0.05, 0) is 39.8 Å². The van der Waals surface area contributed by atoms with Gasteiger partial charge in [0, 0.05) is 6.54 Å². The van der Waals surface area contributed by atoms with Gasteiger partial charge >= 0.3 is 0 Å². The first-order valence-corrected chi connectivity index (χ1v) is 5.20. The maximum absolute atomic E-state index is 9.02. The molecule has 0 aliphatic carbocycles. The smallest absolute Gasteiger partial charge is 0.0745 e. The van der Waals surface area contributed by atoms with Gasteiger partial charge in [-0.3, -0.25) is 0 Å². The molecule has 2 atom stereocenters. The number of hydrogen-bond acceptors (Lipinski definition) is 3. The third-order valence-electron chi connectivity index (χ3n) is 2.34. The van der Waals surface area contributed by atoms with E-state index in [0.29, 0.717) is 6.61 Å². The van der Waals surface area contributed by atoms with Gasteiger partial charge in [0.2, 0.25) is 0 Å². The van der Waals surface area contributed by atoms with Crippen LogP contribution < -0.4 is 0 Å². The van der Waals surface area contributed by atoms with Crippen molar-refractivity contribution in [2.45, 2.75) is 38.9 Å². The van der Waals surface area contributed by atoms with E-state index in [4.69, 9.17) is 9.84 Å². The third-order valence-corrected chi connectivity index (χ3v) is 2.34. The normalized spacial score (nSPS) is 23.3. The number of aliphatic hydroxyl groups excluding tert-OH is 1. The topological polar surface area (TPSA) is 32.7 Å². The van der Waals surface area contributed by atoms with E-state index in [1.807, 2.05) is 0 Å². The Hall–Kier alpha value is -0.120. The predicted molar refractivity (Wildman–Crippen MR) is 52.8 cm³/mol. The molecule has 1 N–H and O–H groups in total. The molecule has 3 heteroatoms. The highest BCUT2D eigenvalue weighted by atomic mass is 16.5. The molecular weight excluding hydrogens is 166 g/mol. The highest BCUT2D eigenvalue weighted by Crippen LogP contribution is 2.08. The fourth-order valence-electron chi connectivity index (χ4n) is 1.69. The zero-order valence-electron chi connectivity index (χ0n) is 8.70. The molecule has 1 fully saturated rings. The number of nitrogens with zero attached hydrogens (tertiary/aromatic N) is 1. The molecule has 0 bridgehead atoms. The first-order chi connectivity index (χ1) is 6.18. The van der Waals surface area contributed by atoms with Crippen LogP contribution in [0.25, 0.3) is 0 Å². The molecule has 78 valence electrons. The van der Waals surface area contributed by atoms with Gasteiger partial charge in [-0.2, -0.15) is 0 Å². The Balaban J connectivity index is 2.05. The summed E-state index contributed by atoms with van der Waals surface area (Å²) >= 11 is 0. The molecule has 1 saturated heterocycles. The zero-order valence-corrected chi connectivity index (χ0v) is 8.70. The van der Waals surface area contributed by atoms with Crippen molar-refractivity contribution in [1.29, 1.82) is 0 Å². The number of ether oxygens (including phenoxy) is 1. The maximum atomic E-state index is 9.02. The molecule has 0 amide bonds. The minimum absolute atomic E-state index is 0.243. The predicted octanol–water partition coefficient (Wildman–Crippen LogP) is 0.868. The number of likely N-dealkylation sites (tertiary alicyclic amines) is 1. The van der Waals surface area contributed by atoms with Crippen molar-refractivity contribution in [3.63, 3.8) is 0 Å². The van der Waals surface area contributed by atoms with E-state index < -0.39 is 0 Å². The van der Waals surface area contributed by atoms with Crippen molar-refractivity contribution in [3.8, 4) is 0 Å². The highest BCUT2D eigenvalue weighted by Gasteiger charge is 2.14. The van der Waals surface area contributed by atoms with E-state index in [2.05, 4.69) is 11.8 Å².